The van der Waals surface area contributed by atoms with E-state index in [1.165, 1.54) is 16.7 Å². The van der Waals surface area contributed by atoms with Crippen molar-refractivity contribution in [2.75, 3.05) is 7.11 Å². The van der Waals surface area contributed by atoms with Crippen molar-refractivity contribution in [1.29, 1.82) is 0 Å². The minimum absolute atomic E-state index is 0.0937. The van der Waals surface area contributed by atoms with Gasteiger partial charge in [-0.05, 0) is 57.6 Å². The van der Waals surface area contributed by atoms with Crippen LogP contribution in [-0.4, -0.2) is 7.11 Å². The van der Waals surface area contributed by atoms with Gasteiger partial charge in [0.15, 0.2) is 0 Å². The van der Waals surface area contributed by atoms with E-state index in [9.17, 15) is 0 Å². The molecule has 1 unspecified atom stereocenters. The van der Waals surface area contributed by atoms with E-state index < -0.39 is 0 Å². The lowest BCUT2D eigenvalue weighted by molar-refractivity contribution is 0.412. The highest BCUT2D eigenvalue weighted by Crippen LogP contribution is 2.27. The van der Waals surface area contributed by atoms with Crippen molar-refractivity contribution in [3.05, 3.63) is 63.6 Å². The number of hydrazine groups is 1. The molecule has 0 fully saturated rings. The number of methoxy groups -OCH3 is 1. The molecule has 4 heteroatoms. The second-order valence-corrected chi connectivity index (χ2v) is 5.84. The molecule has 0 spiro atoms. The summed E-state index contributed by atoms with van der Waals surface area (Å²) in [7, 11) is 1.67. The first kappa shape index (κ1) is 16.0. The number of rotatable bonds is 6. The van der Waals surface area contributed by atoms with Crippen LogP contribution in [0.5, 0.6) is 5.75 Å². The van der Waals surface area contributed by atoms with Crippen LogP contribution in [0.25, 0.3) is 0 Å². The summed E-state index contributed by atoms with van der Waals surface area (Å²) in [6.07, 6.45) is 1.87. The lowest BCUT2D eigenvalue weighted by atomic mass is 9.98. The van der Waals surface area contributed by atoms with Crippen LogP contribution in [0.1, 0.15) is 29.7 Å². The molecule has 0 aliphatic rings. The van der Waals surface area contributed by atoms with E-state index in [4.69, 9.17) is 10.6 Å². The molecule has 0 radical (unpaired) electrons. The fourth-order valence-corrected chi connectivity index (χ4v) is 2.92. The third-order valence-electron chi connectivity index (χ3n) is 3.65. The van der Waals surface area contributed by atoms with Crippen LogP contribution in [0.2, 0.25) is 0 Å². The molecular formula is C17H21BrN2O. The molecule has 2 aromatic carbocycles. The summed E-state index contributed by atoms with van der Waals surface area (Å²) in [6.45, 7) is 2.16. The number of halogens is 1. The van der Waals surface area contributed by atoms with E-state index in [1.54, 1.807) is 7.11 Å². The van der Waals surface area contributed by atoms with Gasteiger partial charge in [-0.2, -0.15) is 0 Å². The van der Waals surface area contributed by atoms with E-state index >= 15 is 0 Å². The molecule has 0 aliphatic heterocycles. The Morgan fingerprint density at radius 1 is 1.14 bits per heavy atom. The van der Waals surface area contributed by atoms with Gasteiger partial charge in [0.2, 0.25) is 0 Å². The van der Waals surface area contributed by atoms with Crippen LogP contribution in [0.4, 0.5) is 0 Å². The van der Waals surface area contributed by atoms with Crippen molar-refractivity contribution < 1.29 is 4.74 Å². The summed E-state index contributed by atoms with van der Waals surface area (Å²) in [6, 6.07) is 14.8. The second kappa shape index (κ2) is 7.59. The minimum atomic E-state index is 0.0937. The van der Waals surface area contributed by atoms with Crippen LogP contribution in [0.3, 0.4) is 0 Å². The molecule has 21 heavy (non-hydrogen) atoms. The molecule has 3 N–H and O–H groups in total. The van der Waals surface area contributed by atoms with E-state index in [0.717, 1.165) is 23.1 Å². The van der Waals surface area contributed by atoms with Gasteiger partial charge in [-0.15, -0.1) is 0 Å². The van der Waals surface area contributed by atoms with Crippen LogP contribution in [0.15, 0.2) is 46.9 Å². The lowest BCUT2D eigenvalue weighted by Crippen LogP contribution is -2.29. The Labute approximate surface area is 134 Å². The summed E-state index contributed by atoms with van der Waals surface area (Å²) in [5.41, 5.74) is 6.64. The Morgan fingerprint density at radius 3 is 2.33 bits per heavy atom. The van der Waals surface area contributed by atoms with Gasteiger partial charge >= 0.3 is 0 Å². The summed E-state index contributed by atoms with van der Waals surface area (Å²) >= 11 is 3.52. The highest BCUT2D eigenvalue weighted by Gasteiger charge is 2.11. The SMILES string of the molecule is CCc1ccc(C(Cc2ccc(OC)c(Br)c2)NN)cc1. The molecule has 0 bridgehead atoms. The maximum absolute atomic E-state index is 5.73. The van der Waals surface area contributed by atoms with Gasteiger partial charge < -0.3 is 4.74 Å². The molecule has 0 saturated heterocycles. The minimum Gasteiger partial charge on any atom is -0.496 e. The van der Waals surface area contributed by atoms with Gasteiger partial charge in [0.05, 0.1) is 11.6 Å². The number of nitrogens with one attached hydrogen (secondary N) is 1. The van der Waals surface area contributed by atoms with Crippen molar-refractivity contribution in [3.63, 3.8) is 0 Å². The Bertz CT molecular complexity index is 584. The number of nitrogens with two attached hydrogens (primary N) is 1. The van der Waals surface area contributed by atoms with Crippen LogP contribution >= 0.6 is 15.9 Å². The fourth-order valence-electron chi connectivity index (χ4n) is 2.33. The first-order chi connectivity index (χ1) is 10.2. The van der Waals surface area contributed by atoms with E-state index in [1.807, 2.05) is 6.07 Å². The zero-order valence-electron chi connectivity index (χ0n) is 12.4. The van der Waals surface area contributed by atoms with Crippen LogP contribution in [0, 0.1) is 0 Å². The van der Waals surface area contributed by atoms with Crippen molar-refractivity contribution in [2.45, 2.75) is 25.8 Å². The van der Waals surface area contributed by atoms with Crippen molar-refractivity contribution in [3.8, 4) is 5.75 Å². The van der Waals surface area contributed by atoms with Gasteiger partial charge in [-0.3, -0.25) is 11.3 Å². The van der Waals surface area contributed by atoms with E-state index in [2.05, 4.69) is 64.7 Å². The Kier molecular flexibility index (Phi) is 5.79. The van der Waals surface area contributed by atoms with Gasteiger partial charge in [-0.25, -0.2) is 0 Å². The summed E-state index contributed by atoms with van der Waals surface area (Å²) in [4.78, 5) is 0. The number of hydrogen-bond acceptors (Lipinski definition) is 3. The molecule has 3 nitrogen and oxygen atoms in total. The van der Waals surface area contributed by atoms with Crippen LogP contribution in [-0.2, 0) is 12.8 Å². The molecule has 112 valence electrons. The van der Waals surface area contributed by atoms with Gasteiger partial charge in [0.1, 0.15) is 5.75 Å². The average molecular weight is 349 g/mol. The summed E-state index contributed by atoms with van der Waals surface area (Å²) in [5, 5.41) is 0. The predicted molar refractivity (Wildman–Crippen MR) is 90.3 cm³/mol. The number of hydrogen-bond donors (Lipinski definition) is 2. The smallest absolute Gasteiger partial charge is 0.133 e. The van der Waals surface area contributed by atoms with Gasteiger partial charge in [-0.1, -0.05) is 37.3 Å². The maximum Gasteiger partial charge on any atom is 0.133 e. The highest BCUT2D eigenvalue weighted by molar-refractivity contribution is 9.10. The van der Waals surface area contributed by atoms with E-state index in [-0.39, 0.29) is 6.04 Å². The Morgan fingerprint density at radius 2 is 1.81 bits per heavy atom. The lowest BCUT2D eigenvalue weighted by Gasteiger charge is -2.17. The van der Waals surface area contributed by atoms with E-state index in [0.29, 0.717) is 0 Å². The molecule has 0 heterocycles. The number of aryl methyl sites for hydroxylation is 1. The topological polar surface area (TPSA) is 47.3 Å². The zero-order valence-corrected chi connectivity index (χ0v) is 14.0. The molecule has 1 atom stereocenters. The standard InChI is InChI=1S/C17H21BrN2O/c1-3-12-4-7-14(8-5-12)16(20-19)11-13-6-9-17(21-2)15(18)10-13/h4-10,16,20H,3,11,19H2,1-2H3. The molecule has 0 aliphatic carbocycles. The first-order valence-electron chi connectivity index (χ1n) is 7.05. The van der Waals surface area contributed by atoms with Gasteiger partial charge in [0, 0.05) is 6.04 Å². The first-order valence-corrected chi connectivity index (χ1v) is 7.84. The maximum atomic E-state index is 5.73. The molecule has 0 amide bonds. The zero-order chi connectivity index (χ0) is 15.2. The number of ether oxygens (including phenoxy) is 1. The largest absolute Gasteiger partial charge is 0.496 e. The monoisotopic (exact) mass is 348 g/mol. The molecule has 0 aromatic heterocycles. The van der Waals surface area contributed by atoms with Crippen molar-refractivity contribution in [2.24, 2.45) is 5.84 Å². The normalized spacial score (nSPS) is 12.2. The van der Waals surface area contributed by atoms with Crippen LogP contribution < -0.4 is 16.0 Å². The third-order valence-corrected chi connectivity index (χ3v) is 4.27. The molecular weight excluding hydrogens is 328 g/mol. The third kappa shape index (κ3) is 4.06. The Hall–Kier alpha value is -1.36. The average Bonchev–Trinajstić information content (AvgIpc) is 2.53. The second-order valence-electron chi connectivity index (χ2n) is 4.99. The fraction of sp³-hybridized carbons (Fsp3) is 0.294. The van der Waals surface area contributed by atoms with Gasteiger partial charge in [0.25, 0.3) is 0 Å². The Balaban J connectivity index is 2.16. The number of benzene rings is 2. The molecule has 2 rings (SSSR count). The molecule has 0 saturated carbocycles. The van der Waals surface area contributed by atoms with Crippen molar-refractivity contribution in [1.82, 2.24) is 5.43 Å². The van der Waals surface area contributed by atoms with Crippen molar-refractivity contribution >= 4 is 15.9 Å². The molecule has 2 aromatic rings. The highest BCUT2D eigenvalue weighted by atomic mass is 79.9. The summed E-state index contributed by atoms with van der Waals surface area (Å²) in [5.74, 6) is 6.57. The predicted octanol–water partition coefficient (Wildman–Crippen LogP) is 3.77. The summed E-state index contributed by atoms with van der Waals surface area (Å²) < 4.78 is 6.21. The quantitative estimate of drug-likeness (QED) is 0.617.